The molecule has 0 aliphatic rings. The van der Waals surface area contributed by atoms with E-state index in [-0.39, 0.29) is 5.91 Å². The Labute approximate surface area is 183 Å². The zero-order chi connectivity index (χ0) is 21.4. The number of rotatable bonds is 8. The van der Waals surface area contributed by atoms with Gasteiger partial charge in [-0.25, -0.2) is 5.43 Å². The minimum Gasteiger partial charge on any atom is -0.463 e. The molecule has 154 valence electrons. The number of carbonyl (C=O) groups is 1. The second-order valence-corrected chi connectivity index (χ2v) is 10.7. The lowest BCUT2D eigenvalue weighted by atomic mass is 10.3. The van der Waals surface area contributed by atoms with Crippen molar-refractivity contribution in [3.63, 3.8) is 0 Å². The quantitative estimate of drug-likeness (QED) is 0.261. The van der Waals surface area contributed by atoms with Crippen molar-refractivity contribution in [1.82, 2.24) is 5.43 Å². The van der Waals surface area contributed by atoms with E-state index < -0.39 is 7.26 Å². The average molecular weight is 427 g/mol. The van der Waals surface area contributed by atoms with Gasteiger partial charge >= 0.3 is 0 Å². The summed E-state index contributed by atoms with van der Waals surface area (Å²) in [6.45, 7) is 0. The maximum atomic E-state index is 12.7. The van der Waals surface area contributed by atoms with E-state index in [1.54, 1.807) is 18.4 Å². The Morgan fingerprint density at radius 1 is 0.774 bits per heavy atom. The maximum absolute atomic E-state index is 12.7. The van der Waals surface area contributed by atoms with E-state index in [1.165, 1.54) is 22.1 Å². The highest BCUT2D eigenvalue weighted by molar-refractivity contribution is 7.95. The van der Waals surface area contributed by atoms with Gasteiger partial charge in [-0.05, 0) is 48.5 Å². The SMILES string of the molecule is O=C(CC[P+](c1ccccc1)(c1ccccc1)c1ccccc1)N/N=C/c1ccco1. The second kappa shape index (κ2) is 10.0. The number of furan rings is 1. The van der Waals surface area contributed by atoms with Gasteiger partial charge < -0.3 is 4.42 Å². The number of nitrogens with zero attached hydrogens (tertiary/aromatic N) is 1. The molecule has 4 aromatic rings. The van der Waals surface area contributed by atoms with E-state index in [9.17, 15) is 4.79 Å². The predicted molar refractivity (Wildman–Crippen MR) is 129 cm³/mol. The Morgan fingerprint density at radius 2 is 1.29 bits per heavy atom. The summed E-state index contributed by atoms with van der Waals surface area (Å²) in [5.41, 5.74) is 2.64. The first-order chi connectivity index (χ1) is 15.3. The molecule has 5 heteroatoms. The van der Waals surface area contributed by atoms with E-state index in [4.69, 9.17) is 4.42 Å². The van der Waals surface area contributed by atoms with Gasteiger partial charge in [0, 0.05) is 0 Å². The van der Waals surface area contributed by atoms with Crippen molar-refractivity contribution in [2.75, 3.05) is 6.16 Å². The van der Waals surface area contributed by atoms with Gasteiger partial charge in [-0.3, -0.25) is 4.79 Å². The number of amides is 1. The van der Waals surface area contributed by atoms with Crippen LogP contribution in [0.5, 0.6) is 0 Å². The third-order valence-electron chi connectivity index (χ3n) is 5.19. The zero-order valence-corrected chi connectivity index (χ0v) is 18.0. The molecule has 0 atom stereocenters. The van der Waals surface area contributed by atoms with Crippen LogP contribution in [0, 0.1) is 0 Å². The van der Waals surface area contributed by atoms with Crippen LogP contribution in [-0.2, 0) is 4.79 Å². The van der Waals surface area contributed by atoms with Gasteiger partial charge in [0.05, 0.1) is 25.1 Å². The van der Waals surface area contributed by atoms with Crippen LogP contribution in [0.4, 0.5) is 0 Å². The molecule has 0 saturated carbocycles. The average Bonchev–Trinajstić information content (AvgIpc) is 3.35. The minimum absolute atomic E-state index is 0.116. The fourth-order valence-electron chi connectivity index (χ4n) is 3.74. The van der Waals surface area contributed by atoms with Gasteiger partial charge in [0.2, 0.25) is 5.91 Å². The van der Waals surface area contributed by atoms with E-state index in [2.05, 4.69) is 83.3 Å². The predicted octanol–water partition coefficient (Wildman–Crippen LogP) is 4.11. The van der Waals surface area contributed by atoms with Gasteiger partial charge in [0.15, 0.2) is 0 Å². The molecule has 31 heavy (non-hydrogen) atoms. The molecule has 1 N–H and O–H groups in total. The standard InChI is InChI=1S/C26H23N2O2P/c29-26(28-27-21-22-11-10-19-30-22)18-20-31(23-12-4-1-5-13-23,24-14-6-2-7-15-24)25-16-8-3-9-17-25/h1-17,19,21H,18,20H2/p+1/b27-21+. The molecule has 1 aromatic heterocycles. The van der Waals surface area contributed by atoms with E-state index >= 15 is 0 Å². The van der Waals surface area contributed by atoms with Crippen molar-refractivity contribution < 1.29 is 9.21 Å². The summed E-state index contributed by atoms with van der Waals surface area (Å²) in [7, 11) is -2.02. The van der Waals surface area contributed by atoms with Crippen LogP contribution >= 0.6 is 7.26 Å². The molecule has 0 spiro atoms. The number of hydrogen-bond acceptors (Lipinski definition) is 3. The third-order valence-corrected chi connectivity index (χ3v) is 9.62. The summed E-state index contributed by atoms with van der Waals surface area (Å²) in [6.07, 6.45) is 4.16. The van der Waals surface area contributed by atoms with Gasteiger partial charge in [0.25, 0.3) is 0 Å². The largest absolute Gasteiger partial charge is 0.463 e. The Kier molecular flexibility index (Phi) is 6.71. The van der Waals surface area contributed by atoms with Crippen LogP contribution < -0.4 is 21.3 Å². The summed E-state index contributed by atoms with van der Waals surface area (Å²) in [5.74, 6) is 0.481. The van der Waals surface area contributed by atoms with Crippen molar-refractivity contribution in [2.24, 2.45) is 5.10 Å². The fraction of sp³-hybridized carbons (Fsp3) is 0.0769. The highest BCUT2D eigenvalue weighted by atomic mass is 31.2. The Hall–Kier alpha value is -3.49. The monoisotopic (exact) mass is 427 g/mol. The number of hydrazone groups is 1. The van der Waals surface area contributed by atoms with E-state index in [0.29, 0.717) is 18.3 Å². The van der Waals surface area contributed by atoms with Gasteiger partial charge in [-0.2, -0.15) is 5.10 Å². The summed E-state index contributed by atoms with van der Waals surface area (Å²) in [4.78, 5) is 12.7. The molecule has 0 aliphatic carbocycles. The van der Waals surface area contributed by atoms with Crippen LogP contribution in [0.25, 0.3) is 0 Å². The molecular formula is C26H24N2O2P+. The molecule has 0 fully saturated rings. The van der Waals surface area contributed by atoms with Crippen molar-refractivity contribution >= 4 is 35.3 Å². The summed E-state index contributed by atoms with van der Waals surface area (Å²) in [5, 5.41) is 7.82. The lowest BCUT2D eigenvalue weighted by Crippen LogP contribution is -2.35. The van der Waals surface area contributed by atoms with Crippen LogP contribution in [0.3, 0.4) is 0 Å². The molecule has 3 aromatic carbocycles. The first kappa shape index (κ1) is 20.8. The highest BCUT2D eigenvalue weighted by Crippen LogP contribution is 2.55. The maximum Gasteiger partial charge on any atom is 0.243 e. The Morgan fingerprint density at radius 3 is 1.74 bits per heavy atom. The Bertz CT molecular complexity index is 1020. The molecule has 4 rings (SSSR count). The van der Waals surface area contributed by atoms with Crippen molar-refractivity contribution in [3.05, 3.63) is 115 Å². The summed E-state index contributed by atoms with van der Waals surface area (Å²) in [6, 6.07) is 35.2. The first-order valence-electron chi connectivity index (χ1n) is 10.2. The number of hydrogen-bond donors (Lipinski definition) is 1. The van der Waals surface area contributed by atoms with E-state index in [1.807, 2.05) is 18.2 Å². The van der Waals surface area contributed by atoms with Crippen molar-refractivity contribution in [2.45, 2.75) is 6.42 Å². The molecule has 0 aliphatic heterocycles. The molecule has 1 amide bonds. The van der Waals surface area contributed by atoms with Crippen molar-refractivity contribution in [3.8, 4) is 0 Å². The van der Waals surface area contributed by atoms with Gasteiger partial charge in [-0.1, -0.05) is 54.6 Å². The Balaban J connectivity index is 1.66. The van der Waals surface area contributed by atoms with Crippen LogP contribution in [0.15, 0.2) is 119 Å². The summed E-state index contributed by atoms with van der Waals surface area (Å²) < 4.78 is 5.21. The minimum atomic E-state index is -2.02. The lowest BCUT2D eigenvalue weighted by Gasteiger charge is -2.27. The molecule has 4 nitrogen and oxygen atoms in total. The molecule has 1 heterocycles. The second-order valence-electron chi connectivity index (χ2n) is 7.10. The zero-order valence-electron chi connectivity index (χ0n) is 17.1. The van der Waals surface area contributed by atoms with Crippen LogP contribution in [-0.4, -0.2) is 18.3 Å². The smallest absolute Gasteiger partial charge is 0.243 e. The first-order valence-corrected chi connectivity index (χ1v) is 12.2. The number of nitrogens with one attached hydrogen (secondary N) is 1. The van der Waals surface area contributed by atoms with Gasteiger partial charge in [-0.15, -0.1) is 0 Å². The number of carbonyl (C=O) groups excluding carboxylic acids is 1. The molecular weight excluding hydrogens is 403 g/mol. The third kappa shape index (κ3) is 4.82. The number of benzene rings is 3. The molecule has 0 radical (unpaired) electrons. The van der Waals surface area contributed by atoms with Gasteiger partial charge in [0.1, 0.15) is 28.9 Å². The molecule has 0 saturated heterocycles. The van der Waals surface area contributed by atoms with Crippen LogP contribution in [0.1, 0.15) is 12.2 Å². The normalized spacial score (nSPS) is 11.5. The van der Waals surface area contributed by atoms with Crippen LogP contribution in [0.2, 0.25) is 0 Å². The lowest BCUT2D eigenvalue weighted by molar-refractivity contribution is -0.120. The highest BCUT2D eigenvalue weighted by Gasteiger charge is 2.45. The molecule has 0 unspecified atom stereocenters. The molecule has 0 bridgehead atoms. The fourth-order valence-corrected chi connectivity index (χ4v) is 7.99. The van der Waals surface area contributed by atoms with Crippen molar-refractivity contribution in [1.29, 1.82) is 0 Å². The topological polar surface area (TPSA) is 54.6 Å². The van der Waals surface area contributed by atoms with E-state index in [0.717, 1.165) is 0 Å². The summed E-state index contributed by atoms with van der Waals surface area (Å²) >= 11 is 0.